The lowest BCUT2D eigenvalue weighted by atomic mass is 10.1. The molecule has 2 N–H and O–H groups in total. The lowest BCUT2D eigenvalue weighted by molar-refractivity contribution is -0.385. The van der Waals surface area contributed by atoms with Crippen LogP contribution in [0.3, 0.4) is 0 Å². The highest BCUT2D eigenvalue weighted by molar-refractivity contribution is 5.83. The third kappa shape index (κ3) is 4.32. The molecule has 1 amide bonds. The number of hydrogen-bond acceptors (Lipinski definition) is 5. The van der Waals surface area contributed by atoms with E-state index in [1.165, 1.54) is 24.3 Å². The van der Waals surface area contributed by atoms with Gasteiger partial charge in [0.2, 0.25) is 0 Å². The molecule has 8 nitrogen and oxygen atoms in total. The molecule has 0 spiro atoms. The van der Waals surface area contributed by atoms with Crippen molar-refractivity contribution in [3.05, 3.63) is 69.7 Å². The summed E-state index contributed by atoms with van der Waals surface area (Å²) in [6.07, 6.45) is 2.76. The quantitative estimate of drug-likeness (QED) is 0.352. The summed E-state index contributed by atoms with van der Waals surface area (Å²) >= 11 is 0. The highest BCUT2D eigenvalue weighted by Crippen LogP contribution is 2.27. The fourth-order valence-corrected chi connectivity index (χ4v) is 2.77. The van der Waals surface area contributed by atoms with Gasteiger partial charge in [0.1, 0.15) is 12.1 Å². The second-order valence-electron chi connectivity index (χ2n) is 5.99. The second-order valence-corrected chi connectivity index (χ2v) is 5.99. The largest absolute Gasteiger partial charge is 0.477 e. The van der Waals surface area contributed by atoms with Crippen molar-refractivity contribution in [3.8, 4) is 5.75 Å². The molecule has 0 aliphatic heterocycles. The number of amides is 1. The van der Waals surface area contributed by atoms with Gasteiger partial charge in [0, 0.05) is 35.3 Å². The van der Waals surface area contributed by atoms with Crippen LogP contribution in [0.5, 0.6) is 5.75 Å². The van der Waals surface area contributed by atoms with E-state index in [1.54, 1.807) is 12.3 Å². The number of nitrogens with one attached hydrogen (secondary N) is 2. The van der Waals surface area contributed by atoms with Crippen molar-refractivity contribution in [2.75, 3.05) is 13.2 Å². The molecule has 0 fully saturated rings. The van der Waals surface area contributed by atoms with Crippen LogP contribution in [0.4, 0.5) is 10.1 Å². The normalized spacial score (nSPS) is 10.6. The van der Waals surface area contributed by atoms with Crippen LogP contribution in [-0.2, 0) is 11.2 Å². The molecule has 0 radical (unpaired) electrons. The Morgan fingerprint density at radius 3 is 2.86 bits per heavy atom. The van der Waals surface area contributed by atoms with Crippen LogP contribution < -0.4 is 10.1 Å². The number of aromatic nitrogens is 1. The molecule has 0 saturated carbocycles. The Bertz CT molecular complexity index is 1050. The zero-order chi connectivity index (χ0) is 20.1. The molecule has 0 bridgehead atoms. The summed E-state index contributed by atoms with van der Waals surface area (Å²) in [4.78, 5) is 36.0. The van der Waals surface area contributed by atoms with E-state index in [4.69, 9.17) is 4.74 Å². The van der Waals surface area contributed by atoms with Crippen LogP contribution in [0.15, 0.2) is 42.6 Å². The maximum atomic E-state index is 13.2. The Hall–Kier alpha value is -3.75. The van der Waals surface area contributed by atoms with Gasteiger partial charge < -0.3 is 15.0 Å². The number of hydrogen-bond donors (Lipinski definition) is 2. The van der Waals surface area contributed by atoms with Crippen LogP contribution >= 0.6 is 0 Å². The van der Waals surface area contributed by atoms with E-state index in [0.29, 0.717) is 24.8 Å². The molecule has 3 rings (SSSR count). The van der Waals surface area contributed by atoms with E-state index >= 15 is 0 Å². The summed E-state index contributed by atoms with van der Waals surface area (Å²) in [5, 5.41) is 14.6. The van der Waals surface area contributed by atoms with Gasteiger partial charge in [-0.05, 0) is 42.3 Å². The zero-order valence-corrected chi connectivity index (χ0v) is 14.6. The summed E-state index contributed by atoms with van der Waals surface area (Å²) in [6, 6.07) is 8.17. The molecule has 2 aromatic carbocycles. The van der Waals surface area contributed by atoms with Crippen LogP contribution in [-0.4, -0.2) is 35.3 Å². The molecule has 0 aliphatic rings. The smallest absolute Gasteiger partial charge is 0.311 e. The van der Waals surface area contributed by atoms with Crippen LogP contribution in [0.1, 0.15) is 15.9 Å². The number of fused-ring (bicyclic) bond motifs is 1. The number of halogens is 1. The van der Waals surface area contributed by atoms with Gasteiger partial charge in [-0.1, -0.05) is 0 Å². The predicted molar refractivity (Wildman–Crippen MR) is 98.9 cm³/mol. The minimum atomic E-state index is -0.680. The second kappa shape index (κ2) is 8.30. The number of nitro groups is 1. The number of ether oxygens (including phenoxy) is 1. The molecular formula is C19H16FN3O5. The lowest BCUT2D eigenvalue weighted by Gasteiger charge is -2.08. The average molecular weight is 385 g/mol. The first-order valence-corrected chi connectivity index (χ1v) is 8.36. The third-order valence-corrected chi connectivity index (χ3v) is 4.12. The van der Waals surface area contributed by atoms with Crippen LogP contribution in [0, 0.1) is 15.9 Å². The molecule has 28 heavy (non-hydrogen) atoms. The number of carbonyl (C=O) groups is 2. The molecule has 9 heteroatoms. The summed E-state index contributed by atoms with van der Waals surface area (Å²) in [7, 11) is 0. The monoisotopic (exact) mass is 385 g/mol. The molecule has 1 heterocycles. The lowest BCUT2D eigenvalue weighted by Crippen LogP contribution is -2.30. The highest BCUT2D eigenvalue weighted by Gasteiger charge is 2.17. The number of nitro benzene ring substituents is 1. The molecular weight excluding hydrogens is 369 g/mol. The van der Waals surface area contributed by atoms with Gasteiger partial charge in [-0.2, -0.15) is 0 Å². The van der Waals surface area contributed by atoms with Crippen molar-refractivity contribution in [3.63, 3.8) is 0 Å². The highest BCUT2D eigenvalue weighted by atomic mass is 19.1. The maximum absolute atomic E-state index is 13.2. The van der Waals surface area contributed by atoms with E-state index in [0.717, 1.165) is 17.0 Å². The standard InChI is InChI=1S/C19H16FN3O5/c20-14-2-3-15-13(9-22-16(15)8-14)5-6-21-19(25)11-28-18-4-1-12(10-24)7-17(18)23(26)27/h1-4,7-10,22H,5-6,11H2,(H,21,25). The summed E-state index contributed by atoms with van der Waals surface area (Å²) in [6.45, 7) is -0.0843. The number of aldehydes is 1. The van der Waals surface area contributed by atoms with Crippen molar-refractivity contribution in [1.29, 1.82) is 0 Å². The fourth-order valence-electron chi connectivity index (χ4n) is 2.77. The van der Waals surface area contributed by atoms with Crippen molar-refractivity contribution in [1.82, 2.24) is 10.3 Å². The molecule has 3 aromatic rings. The molecule has 0 saturated heterocycles. The number of benzene rings is 2. The number of aromatic amines is 1. The van der Waals surface area contributed by atoms with E-state index in [9.17, 15) is 24.1 Å². The number of nitrogens with zero attached hydrogens (tertiary/aromatic N) is 1. The molecule has 0 aliphatic carbocycles. The van der Waals surface area contributed by atoms with Gasteiger partial charge in [-0.25, -0.2) is 4.39 Å². The first-order chi connectivity index (χ1) is 13.5. The van der Waals surface area contributed by atoms with E-state index in [2.05, 4.69) is 10.3 Å². The van der Waals surface area contributed by atoms with E-state index in [1.807, 2.05) is 0 Å². The van der Waals surface area contributed by atoms with Crippen LogP contribution in [0.25, 0.3) is 10.9 Å². The van der Waals surface area contributed by atoms with Crippen molar-refractivity contribution >= 4 is 28.8 Å². The fraction of sp³-hybridized carbons (Fsp3) is 0.158. The van der Waals surface area contributed by atoms with Crippen LogP contribution in [0.2, 0.25) is 0 Å². The Morgan fingerprint density at radius 1 is 1.29 bits per heavy atom. The number of rotatable bonds is 8. The number of carbonyl (C=O) groups excluding carboxylic acids is 2. The van der Waals surface area contributed by atoms with Gasteiger partial charge in [-0.15, -0.1) is 0 Å². The average Bonchev–Trinajstić information content (AvgIpc) is 3.08. The number of H-pyrrole nitrogens is 1. The Labute approximate surface area is 158 Å². The summed E-state index contributed by atoms with van der Waals surface area (Å²) in [5.41, 5.74) is 1.36. The molecule has 1 aromatic heterocycles. The zero-order valence-electron chi connectivity index (χ0n) is 14.6. The summed E-state index contributed by atoms with van der Waals surface area (Å²) < 4.78 is 18.4. The van der Waals surface area contributed by atoms with Gasteiger partial charge in [0.25, 0.3) is 5.91 Å². The Morgan fingerprint density at radius 2 is 2.11 bits per heavy atom. The summed E-state index contributed by atoms with van der Waals surface area (Å²) in [5.74, 6) is -0.870. The molecule has 0 atom stereocenters. The SMILES string of the molecule is O=Cc1ccc(OCC(=O)NCCc2c[nH]c3cc(F)ccc23)c([N+](=O)[O-])c1. The van der Waals surface area contributed by atoms with Crippen molar-refractivity contribution in [2.45, 2.75) is 6.42 Å². The first kappa shape index (κ1) is 19.0. The van der Waals surface area contributed by atoms with E-state index in [-0.39, 0.29) is 22.8 Å². The minimum Gasteiger partial charge on any atom is -0.477 e. The molecule has 144 valence electrons. The Kier molecular flexibility index (Phi) is 5.64. The van der Waals surface area contributed by atoms with Crippen molar-refractivity contribution < 1.29 is 23.6 Å². The van der Waals surface area contributed by atoms with E-state index < -0.39 is 17.4 Å². The van der Waals surface area contributed by atoms with Gasteiger partial charge >= 0.3 is 5.69 Å². The van der Waals surface area contributed by atoms with Gasteiger partial charge in [-0.3, -0.25) is 19.7 Å². The first-order valence-electron chi connectivity index (χ1n) is 8.36. The topological polar surface area (TPSA) is 114 Å². The molecule has 0 unspecified atom stereocenters. The Balaban J connectivity index is 1.53. The van der Waals surface area contributed by atoms with Gasteiger partial charge in [0.05, 0.1) is 4.92 Å². The minimum absolute atomic E-state index is 0.0931. The van der Waals surface area contributed by atoms with Gasteiger partial charge in [0.15, 0.2) is 12.4 Å². The third-order valence-electron chi connectivity index (χ3n) is 4.12. The maximum Gasteiger partial charge on any atom is 0.311 e. The predicted octanol–water partition coefficient (Wildman–Crippen LogP) is 2.77. The van der Waals surface area contributed by atoms with Crippen molar-refractivity contribution in [2.24, 2.45) is 0 Å².